The van der Waals surface area contributed by atoms with Gasteiger partial charge in [-0.3, -0.25) is 4.79 Å². The van der Waals surface area contributed by atoms with E-state index in [1.165, 1.54) is 77.0 Å². The molecule has 0 spiro atoms. The van der Waals surface area contributed by atoms with Gasteiger partial charge in [0.25, 0.3) is 0 Å². The molecule has 1 N–H and O–H groups in total. The van der Waals surface area contributed by atoms with Crippen LogP contribution in [0.4, 0.5) is 0 Å². The molecule has 0 rings (SSSR count). The second-order valence-electron chi connectivity index (χ2n) is 10.9. The molecule has 4 heteroatoms. The van der Waals surface area contributed by atoms with Crippen LogP contribution in [-0.2, 0) is 14.3 Å². The van der Waals surface area contributed by atoms with Crippen LogP contribution in [0.3, 0.4) is 0 Å². The molecule has 0 aromatic carbocycles. The van der Waals surface area contributed by atoms with E-state index in [0.29, 0.717) is 13.0 Å². The standard InChI is InChI=1S/C36H64O4/c1-3-5-7-9-11-13-15-17-18-20-22-24-26-28-30-32-39-34-35(33-37)40-36(38)31-29-27-25-23-21-19-16-14-12-10-8-6-4-2/h8-11,14-17,35,37H,3-7,12-13,18-34H2,1-2H3/b10-8-,11-9-,16-14-,17-15-. The van der Waals surface area contributed by atoms with Gasteiger partial charge in [-0.2, -0.15) is 0 Å². The Bertz CT molecular complexity index is 635. The summed E-state index contributed by atoms with van der Waals surface area (Å²) in [5, 5.41) is 9.52. The largest absolute Gasteiger partial charge is 0.457 e. The number of carbonyl (C=O) groups is 1. The quantitative estimate of drug-likeness (QED) is 0.0539. The highest BCUT2D eigenvalue weighted by atomic mass is 16.6. The minimum atomic E-state index is -0.545. The van der Waals surface area contributed by atoms with Gasteiger partial charge in [-0.15, -0.1) is 0 Å². The van der Waals surface area contributed by atoms with Crippen molar-refractivity contribution >= 4 is 5.97 Å². The predicted molar refractivity (Wildman–Crippen MR) is 173 cm³/mol. The van der Waals surface area contributed by atoms with Gasteiger partial charge in [0.2, 0.25) is 0 Å². The van der Waals surface area contributed by atoms with Gasteiger partial charge in [-0.1, -0.05) is 127 Å². The first-order valence-electron chi connectivity index (χ1n) is 16.7. The van der Waals surface area contributed by atoms with E-state index in [1.807, 2.05) is 0 Å². The molecule has 0 aliphatic heterocycles. The summed E-state index contributed by atoms with van der Waals surface area (Å²) in [5.41, 5.74) is 0. The second kappa shape index (κ2) is 33.6. The third-order valence-corrected chi connectivity index (χ3v) is 6.86. The van der Waals surface area contributed by atoms with Crippen LogP contribution in [0, 0.1) is 0 Å². The zero-order chi connectivity index (χ0) is 29.2. The Morgan fingerprint density at radius 2 is 1.10 bits per heavy atom. The lowest BCUT2D eigenvalue weighted by molar-refractivity contribution is -0.154. The van der Waals surface area contributed by atoms with Crippen LogP contribution in [0.5, 0.6) is 0 Å². The van der Waals surface area contributed by atoms with Crippen molar-refractivity contribution in [2.24, 2.45) is 0 Å². The highest BCUT2D eigenvalue weighted by Gasteiger charge is 2.13. The molecule has 0 saturated carbocycles. The molecule has 0 aliphatic carbocycles. The first kappa shape index (κ1) is 38.4. The number of hydrogen-bond acceptors (Lipinski definition) is 4. The van der Waals surface area contributed by atoms with E-state index in [-0.39, 0.29) is 19.2 Å². The molecule has 0 bridgehead atoms. The number of carbonyl (C=O) groups excluding carboxylic acids is 1. The van der Waals surface area contributed by atoms with Crippen molar-refractivity contribution in [3.8, 4) is 0 Å². The number of allylic oxidation sites excluding steroid dienone is 8. The molecule has 1 unspecified atom stereocenters. The lowest BCUT2D eigenvalue weighted by atomic mass is 10.1. The number of rotatable bonds is 30. The Kier molecular flexibility index (Phi) is 32.2. The van der Waals surface area contributed by atoms with Crippen LogP contribution in [-0.4, -0.2) is 37.0 Å². The van der Waals surface area contributed by atoms with Crippen molar-refractivity contribution in [1.29, 1.82) is 0 Å². The highest BCUT2D eigenvalue weighted by Crippen LogP contribution is 2.10. The van der Waals surface area contributed by atoms with Crippen LogP contribution >= 0.6 is 0 Å². The molecular weight excluding hydrogens is 496 g/mol. The first-order valence-corrected chi connectivity index (χ1v) is 16.7. The molecular formula is C36H64O4. The van der Waals surface area contributed by atoms with Gasteiger partial charge in [0.05, 0.1) is 13.2 Å². The van der Waals surface area contributed by atoms with Gasteiger partial charge >= 0.3 is 5.97 Å². The van der Waals surface area contributed by atoms with E-state index in [2.05, 4.69) is 62.5 Å². The maximum absolute atomic E-state index is 12.1. The minimum Gasteiger partial charge on any atom is -0.457 e. The fourth-order valence-corrected chi connectivity index (χ4v) is 4.32. The lowest BCUT2D eigenvalue weighted by Gasteiger charge is -2.15. The number of hydrogen-bond donors (Lipinski definition) is 1. The molecule has 0 amide bonds. The Morgan fingerprint density at radius 3 is 1.65 bits per heavy atom. The SMILES string of the molecule is CCC/C=C\C/C=C\CCCCCCCC(=O)OC(CO)COCCCCCCCC/C=C\C/C=C\CCCC. The molecule has 0 aromatic heterocycles. The first-order chi connectivity index (χ1) is 19.7. The summed E-state index contributed by atoms with van der Waals surface area (Å²) < 4.78 is 11.1. The summed E-state index contributed by atoms with van der Waals surface area (Å²) in [5.74, 6) is -0.222. The van der Waals surface area contributed by atoms with Gasteiger partial charge in [0.15, 0.2) is 0 Å². The third-order valence-electron chi connectivity index (χ3n) is 6.86. The fraction of sp³-hybridized carbons (Fsp3) is 0.750. The molecule has 0 heterocycles. The summed E-state index contributed by atoms with van der Waals surface area (Å²) in [6.07, 6.45) is 41.4. The van der Waals surface area contributed by atoms with E-state index >= 15 is 0 Å². The summed E-state index contributed by atoms with van der Waals surface area (Å²) in [4.78, 5) is 12.1. The van der Waals surface area contributed by atoms with Crippen LogP contribution in [0.1, 0.15) is 149 Å². The molecule has 40 heavy (non-hydrogen) atoms. The summed E-state index contributed by atoms with van der Waals surface area (Å²) in [6.45, 7) is 5.19. The average Bonchev–Trinajstić information content (AvgIpc) is 2.96. The Labute approximate surface area is 248 Å². The molecule has 232 valence electrons. The van der Waals surface area contributed by atoms with Crippen LogP contribution in [0.25, 0.3) is 0 Å². The highest BCUT2D eigenvalue weighted by molar-refractivity contribution is 5.69. The van der Waals surface area contributed by atoms with Crippen LogP contribution in [0.2, 0.25) is 0 Å². The molecule has 0 radical (unpaired) electrons. The van der Waals surface area contributed by atoms with Crippen molar-refractivity contribution in [1.82, 2.24) is 0 Å². The van der Waals surface area contributed by atoms with Crippen molar-refractivity contribution in [2.45, 2.75) is 155 Å². The topological polar surface area (TPSA) is 55.8 Å². The number of aliphatic hydroxyl groups is 1. The number of esters is 1. The van der Waals surface area contributed by atoms with Gasteiger partial charge in [-0.25, -0.2) is 0 Å². The van der Waals surface area contributed by atoms with Crippen molar-refractivity contribution in [3.63, 3.8) is 0 Å². The number of aliphatic hydroxyl groups excluding tert-OH is 1. The van der Waals surface area contributed by atoms with E-state index in [0.717, 1.165) is 51.4 Å². The molecule has 0 fully saturated rings. The van der Waals surface area contributed by atoms with E-state index in [4.69, 9.17) is 9.47 Å². The van der Waals surface area contributed by atoms with Crippen molar-refractivity contribution in [3.05, 3.63) is 48.6 Å². The summed E-state index contributed by atoms with van der Waals surface area (Å²) in [6, 6.07) is 0. The van der Waals surface area contributed by atoms with E-state index < -0.39 is 6.10 Å². The zero-order valence-electron chi connectivity index (χ0n) is 26.3. The lowest BCUT2D eigenvalue weighted by Crippen LogP contribution is -2.27. The van der Waals surface area contributed by atoms with Crippen molar-refractivity contribution < 1.29 is 19.4 Å². The van der Waals surface area contributed by atoms with Crippen LogP contribution < -0.4 is 0 Å². The van der Waals surface area contributed by atoms with Gasteiger partial charge in [0.1, 0.15) is 6.10 Å². The second-order valence-corrected chi connectivity index (χ2v) is 10.9. The van der Waals surface area contributed by atoms with Crippen molar-refractivity contribution in [2.75, 3.05) is 19.8 Å². The number of unbranched alkanes of at least 4 members (excludes halogenated alkanes) is 14. The molecule has 4 nitrogen and oxygen atoms in total. The van der Waals surface area contributed by atoms with Gasteiger partial charge < -0.3 is 14.6 Å². The van der Waals surface area contributed by atoms with Gasteiger partial charge in [0, 0.05) is 13.0 Å². The van der Waals surface area contributed by atoms with Crippen LogP contribution in [0.15, 0.2) is 48.6 Å². The molecule has 1 atom stereocenters. The van der Waals surface area contributed by atoms with E-state index in [1.54, 1.807) is 0 Å². The minimum absolute atomic E-state index is 0.183. The monoisotopic (exact) mass is 560 g/mol. The normalized spacial score (nSPS) is 13.0. The zero-order valence-corrected chi connectivity index (χ0v) is 26.3. The Morgan fingerprint density at radius 1 is 0.600 bits per heavy atom. The third kappa shape index (κ3) is 30.9. The Hall–Kier alpha value is -1.65. The molecule has 0 aliphatic rings. The Balaban J connectivity index is 3.51. The maximum atomic E-state index is 12.1. The van der Waals surface area contributed by atoms with E-state index in [9.17, 15) is 9.90 Å². The smallest absolute Gasteiger partial charge is 0.306 e. The molecule has 0 aromatic rings. The molecule has 0 saturated heterocycles. The predicted octanol–water partition coefficient (Wildman–Crippen LogP) is 10.4. The summed E-state index contributed by atoms with van der Waals surface area (Å²) in [7, 11) is 0. The average molecular weight is 561 g/mol. The van der Waals surface area contributed by atoms with Gasteiger partial charge in [-0.05, 0) is 64.2 Å². The summed E-state index contributed by atoms with van der Waals surface area (Å²) >= 11 is 0. The maximum Gasteiger partial charge on any atom is 0.306 e. The fourth-order valence-electron chi connectivity index (χ4n) is 4.32. The number of ether oxygens (including phenoxy) is 2.